The van der Waals surface area contributed by atoms with Crippen LogP contribution in [0.4, 0.5) is 5.69 Å². The molecule has 0 radical (unpaired) electrons. The number of anilines is 1. The minimum absolute atomic E-state index is 0.145. The van der Waals surface area contributed by atoms with Gasteiger partial charge in [-0.25, -0.2) is 8.42 Å². The van der Waals surface area contributed by atoms with Crippen LogP contribution in [0.5, 0.6) is 0 Å². The zero-order chi connectivity index (χ0) is 27.0. The Hall–Kier alpha value is -3.17. The summed E-state index contributed by atoms with van der Waals surface area (Å²) in [6, 6.07) is 23.1. The zero-order valence-electron chi connectivity index (χ0n) is 21.2. The average molecular weight is 587 g/mol. The highest BCUT2D eigenvalue weighted by atomic mass is 79.9. The molecule has 0 aliphatic carbocycles. The Morgan fingerprint density at radius 3 is 2.22 bits per heavy atom. The molecule has 0 aliphatic rings. The third-order valence-electron chi connectivity index (χ3n) is 5.86. The van der Waals surface area contributed by atoms with Crippen LogP contribution in [-0.2, 0) is 32.6 Å². The van der Waals surface area contributed by atoms with Crippen molar-refractivity contribution < 1.29 is 18.0 Å². The van der Waals surface area contributed by atoms with Crippen molar-refractivity contribution in [1.82, 2.24) is 10.2 Å². The van der Waals surface area contributed by atoms with Crippen molar-refractivity contribution in [3.63, 3.8) is 0 Å². The number of nitrogens with zero attached hydrogens (tertiary/aromatic N) is 2. The van der Waals surface area contributed by atoms with E-state index in [0.29, 0.717) is 12.2 Å². The minimum atomic E-state index is -3.78. The number of aryl methyl sites for hydroxylation is 1. The number of halogens is 1. The Labute approximate surface area is 227 Å². The van der Waals surface area contributed by atoms with Gasteiger partial charge in [0, 0.05) is 24.0 Å². The van der Waals surface area contributed by atoms with E-state index in [0.717, 1.165) is 31.7 Å². The molecule has 3 rings (SSSR count). The molecular formula is C28H32BrN3O4S. The summed E-state index contributed by atoms with van der Waals surface area (Å²) in [5, 5.41) is 2.85. The molecule has 0 heterocycles. The van der Waals surface area contributed by atoms with Gasteiger partial charge in [0.05, 0.1) is 11.9 Å². The first kappa shape index (κ1) is 28.4. The maximum absolute atomic E-state index is 13.9. The van der Waals surface area contributed by atoms with Crippen LogP contribution < -0.4 is 9.62 Å². The van der Waals surface area contributed by atoms with Crippen molar-refractivity contribution in [2.45, 2.75) is 32.9 Å². The SMILES string of the molecule is CCNC(=O)C(Cc1ccccc1)N(Cc1ccc(Br)cc1)C(=O)CN(c1cccc(C)c1)S(C)(=O)=O. The van der Waals surface area contributed by atoms with E-state index in [4.69, 9.17) is 0 Å². The van der Waals surface area contributed by atoms with Gasteiger partial charge in [-0.15, -0.1) is 0 Å². The van der Waals surface area contributed by atoms with Crippen LogP contribution in [-0.4, -0.2) is 50.5 Å². The number of amides is 2. The van der Waals surface area contributed by atoms with E-state index in [2.05, 4.69) is 21.2 Å². The van der Waals surface area contributed by atoms with Crippen LogP contribution in [0.2, 0.25) is 0 Å². The molecule has 196 valence electrons. The van der Waals surface area contributed by atoms with Crippen molar-refractivity contribution in [2.24, 2.45) is 0 Å². The Morgan fingerprint density at radius 2 is 1.62 bits per heavy atom. The van der Waals surface area contributed by atoms with Gasteiger partial charge in [-0.3, -0.25) is 13.9 Å². The molecule has 2 amide bonds. The molecule has 0 aromatic heterocycles. The second kappa shape index (κ2) is 12.9. The minimum Gasteiger partial charge on any atom is -0.355 e. The highest BCUT2D eigenvalue weighted by molar-refractivity contribution is 9.10. The summed E-state index contributed by atoms with van der Waals surface area (Å²) in [4.78, 5) is 28.7. The van der Waals surface area contributed by atoms with E-state index < -0.39 is 28.5 Å². The van der Waals surface area contributed by atoms with Crippen LogP contribution in [0.1, 0.15) is 23.6 Å². The molecule has 0 bridgehead atoms. The number of sulfonamides is 1. The third kappa shape index (κ3) is 8.16. The van der Waals surface area contributed by atoms with E-state index in [-0.39, 0.29) is 18.9 Å². The molecule has 0 fully saturated rings. The Balaban J connectivity index is 2.03. The standard InChI is InChI=1S/C28H32BrN3O4S/c1-4-30-28(34)26(18-22-10-6-5-7-11-22)31(19-23-13-15-24(29)16-14-23)27(33)20-32(37(3,35)36)25-12-8-9-21(2)17-25/h5-17,26H,4,18-20H2,1-3H3,(H,30,34). The Kier molecular flexibility index (Phi) is 9.88. The first-order chi connectivity index (χ1) is 17.6. The fourth-order valence-corrected chi connectivity index (χ4v) is 5.14. The topological polar surface area (TPSA) is 86.8 Å². The maximum Gasteiger partial charge on any atom is 0.244 e. The number of rotatable bonds is 11. The summed E-state index contributed by atoms with van der Waals surface area (Å²) in [6.45, 7) is 3.80. The largest absolute Gasteiger partial charge is 0.355 e. The summed E-state index contributed by atoms with van der Waals surface area (Å²) < 4.78 is 27.5. The summed E-state index contributed by atoms with van der Waals surface area (Å²) in [5.74, 6) is -0.764. The van der Waals surface area contributed by atoms with Crippen LogP contribution in [0.3, 0.4) is 0 Å². The highest BCUT2D eigenvalue weighted by Crippen LogP contribution is 2.22. The summed E-state index contributed by atoms with van der Waals surface area (Å²) in [7, 11) is -3.78. The molecular weight excluding hydrogens is 554 g/mol. The number of nitrogens with one attached hydrogen (secondary N) is 1. The average Bonchev–Trinajstić information content (AvgIpc) is 2.85. The van der Waals surface area contributed by atoms with Gasteiger partial charge in [0.25, 0.3) is 0 Å². The molecule has 37 heavy (non-hydrogen) atoms. The molecule has 7 nitrogen and oxygen atoms in total. The second-order valence-electron chi connectivity index (χ2n) is 8.86. The predicted octanol–water partition coefficient (Wildman–Crippen LogP) is 4.30. The van der Waals surface area contributed by atoms with E-state index >= 15 is 0 Å². The molecule has 1 unspecified atom stereocenters. The number of hydrogen-bond donors (Lipinski definition) is 1. The summed E-state index contributed by atoms with van der Waals surface area (Å²) >= 11 is 3.43. The van der Waals surface area contributed by atoms with Crippen molar-refractivity contribution in [1.29, 1.82) is 0 Å². The molecule has 3 aromatic rings. The van der Waals surface area contributed by atoms with Gasteiger partial charge >= 0.3 is 0 Å². The fourth-order valence-electron chi connectivity index (χ4n) is 4.03. The second-order valence-corrected chi connectivity index (χ2v) is 11.7. The zero-order valence-corrected chi connectivity index (χ0v) is 23.6. The first-order valence-corrected chi connectivity index (χ1v) is 14.6. The highest BCUT2D eigenvalue weighted by Gasteiger charge is 2.32. The van der Waals surface area contributed by atoms with E-state index in [1.165, 1.54) is 4.90 Å². The van der Waals surface area contributed by atoms with Crippen LogP contribution >= 0.6 is 15.9 Å². The summed E-state index contributed by atoms with van der Waals surface area (Å²) in [6.07, 6.45) is 1.37. The van der Waals surface area contributed by atoms with Crippen molar-refractivity contribution >= 4 is 43.5 Å². The smallest absolute Gasteiger partial charge is 0.244 e. The molecule has 3 aromatic carbocycles. The fraction of sp³-hybridized carbons (Fsp3) is 0.286. The molecule has 0 saturated carbocycles. The van der Waals surface area contributed by atoms with Crippen LogP contribution in [0.15, 0.2) is 83.3 Å². The molecule has 0 spiro atoms. The van der Waals surface area contributed by atoms with Gasteiger partial charge in [0.15, 0.2) is 0 Å². The normalized spacial score (nSPS) is 12.0. The molecule has 1 atom stereocenters. The van der Waals surface area contributed by atoms with Crippen LogP contribution in [0.25, 0.3) is 0 Å². The van der Waals surface area contributed by atoms with Crippen molar-refractivity contribution in [2.75, 3.05) is 23.7 Å². The maximum atomic E-state index is 13.9. The molecule has 0 saturated heterocycles. The predicted molar refractivity (Wildman–Crippen MR) is 151 cm³/mol. The van der Waals surface area contributed by atoms with E-state index in [1.807, 2.05) is 74.5 Å². The lowest BCUT2D eigenvalue weighted by Gasteiger charge is -2.33. The van der Waals surface area contributed by atoms with Crippen molar-refractivity contribution in [3.05, 3.63) is 100 Å². The van der Waals surface area contributed by atoms with Gasteiger partial charge in [-0.05, 0) is 54.8 Å². The number of carbonyl (C=O) groups is 2. The monoisotopic (exact) mass is 585 g/mol. The number of carbonyl (C=O) groups excluding carboxylic acids is 2. The van der Waals surface area contributed by atoms with Gasteiger partial charge in [-0.2, -0.15) is 0 Å². The van der Waals surface area contributed by atoms with Crippen molar-refractivity contribution in [3.8, 4) is 0 Å². The molecule has 1 N–H and O–H groups in total. The van der Waals surface area contributed by atoms with Gasteiger partial charge in [0.2, 0.25) is 21.8 Å². The lowest BCUT2D eigenvalue weighted by Crippen LogP contribution is -2.53. The van der Waals surface area contributed by atoms with E-state index in [1.54, 1.807) is 18.2 Å². The van der Waals surface area contributed by atoms with E-state index in [9.17, 15) is 18.0 Å². The molecule has 9 heteroatoms. The van der Waals surface area contributed by atoms with Gasteiger partial charge in [-0.1, -0.05) is 70.5 Å². The number of likely N-dealkylation sites (N-methyl/N-ethyl adjacent to an activating group) is 1. The number of hydrogen-bond acceptors (Lipinski definition) is 4. The third-order valence-corrected chi connectivity index (χ3v) is 7.53. The molecule has 0 aliphatic heterocycles. The lowest BCUT2D eigenvalue weighted by molar-refractivity contribution is -0.140. The summed E-state index contributed by atoms with van der Waals surface area (Å²) in [5.41, 5.74) is 2.98. The van der Waals surface area contributed by atoms with Gasteiger partial charge in [0.1, 0.15) is 12.6 Å². The first-order valence-electron chi connectivity index (χ1n) is 12.0. The Bertz CT molecular complexity index is 1310. The Morgan fingerprint density at radius 1 is 0.946 bits per heavy atom. The van der Waals surface area contributed by atoms with Gasteiger partial charge < -0.3 is 10.2 Å². The number of benzene rings is 3. The lowest BCUT2D eigenvalue weighted by atomic mass is 10.0. The van der Waals surface area contributed by atoms with Crippen LogP contribution in [0, 0.1) is 6.92 Å². The quantitative estimate of drug-likeness (QED) is 0.363.